The van der Waals surface area contributed by atoms with Gasteiger partial charge < -0.3 is 4.74 Å². The van der Waals surface area contributed by atoms with Crippen molar-refractivity contribution >= 4 is 5.78 Å². The second kappa shape index (κ2) is 13.9. The highest BCUT2D eigenvalue weighted by Gasteiger charge is 2.00. The third-order valence-corrected chi connectivity index (χ3v) is 3.65. The number of Topliss-reactive ketones (excluding diaryl/α,β-unsaturated/α-hetero) is 1. The first-order valence-electron chi connectivity index (χ1n) is 9.22. The molecule has 0 bridgehead atoms. The maximum absolute atomic E-state index is 11.7. The van der Waals surface area contributed by atoms with Crippen LogP contribution in [0.2, 0.25) is 0 Å². The van der Waals surface area contributed by atoms with E-state index in [9.17, 15) is 4.79 Å². The van der Waals surface area contributed by atoms with E-state index in [1.807, 2.05) is 84.1 Å². The summed E-state index contributed by atoms with van der Waals surface area (Å²) in [5, 5.41) is 0. The van der Waals surface area contributed by atoms with E-state index in [0.29, 0.717) is 18.8 Å². The summed E-state index contributed by atoms with van der Waals surface area (Å²) in [4.78, 5) is 11.7. The second-order valence-corrected chi connectivity index (χ2v) is 6.27. The Morgan fingerprint density at radius 2 is 1.50 bits per heavy atom. The van der Waals surface area contributed by atoms with Gasteiger partial charge in [-0.2, -0.15) is 0 Å². The molecule has 0 atom stereocenters. The molecule has 0 amide bonds. The van der Waals surface area contributed by atoms with Crippen molar-refractivity contribution in [2.75, 3.05) is 6.61 Å². The molecule has 0 aliphatic heterocycles. The van der Waals surface area contributed by atoms with Gasteiger partial charge >= 0.3 is 0 Å². The molecule has 0 aliphatic carbocycles. The first-order chi connectivity index (χ1) is 12.3. The van der Waals surface area contributed by atoms with Crippen molar-refractivity contribution in [1.29, 1.82) is 0 Å². The zero-order chi connectivity index (χ0) is 19.9. The molecule has 0 heterocycles. The van der Waals surface area contributed by atoms with E-state index in [1.165, 1.54) is 0 Å². The molecule has 0 aliphatic rings. The molecular weight excluding hydrogens is 320 g/mol. The fourth-order valence-corrected chi connectivity index (χ4v) is 2.09. The number of carbonyl (C=O) groups is 1. The first kappa shape index (κ1) is 23.6. The minimum atomic E-state index is 0.217. The Bertz CT molecular complexity index is 650. The molecule has 0 N–H and O–H groups in total. The maximum Gasteiger partial charge on any atom is 0.158 e. The molecule has 26 heavy (non-hydrogen) atoms. The van der Waals surface area contributed by atoms with Gasteiger partial charge in [0, 0.05) is 6.42 Å². The monoisotopic (exact) mass is 354 g/mol. The van der Waals surface area contributed by atoms with Crippen molar-refractivity contribution in [3.05, 3.63) is 83.2 Å². The number of hydrogen-bond acceptors (Lipinski definition) is 2. The van der Waals surface area contributed by atoms with E-state index >= 15 is 0 Å². The van der Waals surface area contributed by atoms with E-state index < -0.39 is 0 Å². The normalized spacial score (nSPS) is 14.4. The van der Waals surface area contributed by atoms with Crippen LogP contribution in [0.15, 0.2) is 83.2 Å². The van der Waals surface area contributed by atoms with Gasteiger partial charge in [-0.1, -0.05) is 73.3 Å². The summed E-state index contributed by atoms with van der Waals surface area (Å²) in [6.45, 7) is 16.4. The number of rotatable bonds is 11. The predicted octanol–water partition coefficient (Wildman–Crippen LogP) is 6.80. The summed E-state index contributed by atoms with van der Waals surface area (Å²) in [5.41, 5.74) is 4.09. The van der Waals surface area contributed by atoms with Crippen molar-refractivity contribution in [1.82, 2.24) is 0 Å². The topological polar surface area (TPSA) is 26.3 Å². The van der Waals surface area contributed by atoms with Crippen molar-refractivity contribution in [3.63, 3.8) is 0 Å². The minimum absolute atomic E-state index is 0.217. The van der Waals surface area contributed by atoms with Gasteiger partial charge in [0.15, 0.2) is 5.78 Å². The molecule has 0 unspecified atom stereocenters. The van der Waals surface area contributed by atoms with Crippen LogP contribution in [0, 0.1) is 0 Å². The third-order valence-electron chi connectivity index (χ3n) is 3.65. The highest BCUT2D eigenvalue weighted by molar-refractivity contribution is 5.94. The van der Waals surface area contributed by atoms with Crippen LogP contribution in [0.3, 0.4) is 0 Å². The van der Waals surface area contributed by atoms with E-state index in [2.05, 4.69) is 12.7 Å². The lowest BCUT2D eigenvalue weighted by atomic mass is 10.1. The quantitative estimate of drug-likeness (QED) is 0.231. The van der Waals surface area contributed by atoms with Crippen LogP contribution in [-0.4, -0.2) is 12.4 Å². The molecule has 0 spiro atoms. The van der Waals surface area contributed by atoms with Gasteiger partial charge in [0.2, 0.25) is 0 Å². The van der Waals surface area contributed by atoms with Crippen molar-refractivity contribution < 1.29 is 9.53 Å². The minimum Gasteiger partial charge on any atom is -0.494 e. The Kier molecular flexibility index (Phi) is 12.6. The molecule has 0 rings (SSSR count). The lowest BCUT2D eigenvalue weighted by Crippen LogP contribution is -1.97. The van der Waals surface area contributed by atoms with Crippen LogP contribution >= 0.6 is 0 Å². The van der Waals surface area contributed by atoms with Gasteiger partial charge in [-0.05, 0) is 52.2 Å². The molecule has 0 saturated heterocycles. The van der Waals surface area contributed by atoms with Crippen molar-refractivity contribution in [3.8, 4) is 0 Å². The standard InChI is InChI=1S/C24H34O2/c1-8-13-24(25)21(5)17-12-16-19(3)14-10-11-15-20(4)18-22(6)23(7)26-9-2/h10-12,14-18H,7-9,13H2,1-6H3/b11-10+,16-12+,19-14+,20-15+,21-17+,22-18+. The van der Waals surface area contributed by atoms with Crippen LogP contribution in [0.1, 0.15) is 54.4 Å². The smallest absolute Gasteiger partial charge is 0.158 e. The first-order valence-corrected chi connectivity index (χ1v) is 9.22. The van der Waals surface area contributed by atoms with Crippen LogP contribution in [-0.2, 0) is 9.53 Å². The van der Waals surface area contributed by atoms with E-state index in [0.717, 1.165) is 28.7 Å². The van der Waals surface area contributed by atoms with Gasteiger partial charge in [-0.3, -0.25) is 4.79 Å². The van der Waals surface area contributed by atoms with E-state index in [1.54, 1.807) is 0 Å². The number of ketones is 1. The summed E-state index contributed by atoms with van der Waals surface area (Å²) in [6.07, 6.45) is 17.4. The summed E-state index contributed by atoms with van der Waals surface area (Å²) in [6, 6.07) is 0. The van der Waals surface area contributed by atoms with Crippen LogP contribution in [0.25, 0.3) is 0 Å². The molecule has 0 saturated carbocycles. The molecule has 2 nitrogen and oxygen atoms in total. The molecule has 142 valence electrons. The van der Waals surface area contributed by atoms with Gasteiger partial charge in [0.25, 0.3) is 0 Å². The Balaban J connectivity index is 4.72. The van der Waals surface area contributed by atoms with Crippen molar-refractivity contribution in [2.24, 2.45) is 0 Å². The Morgan fingerprint density at radius 1 is 0.885 bits per heavy atom. The number of hydrogen-bond donors (Lipinski definition) is 0. The average Bonchev–Trinajstić information content (AvgIpc) is 2.58. The van der Waals surface area contributed by atoms with E-state index in [4.69, 9.17) is 4.74 Å². The van der Waals surface area contributed by atoms with E-state index in [-0.39, 0.29) is 5.78 Å². The molecule has 2 heteroatoms. The summed E-state index contributed by atoms with van der Waals surface area (Å²) < 4.78 is 5.39. The van der Waals surface area contributed by atoms with Gasteiger partial charge in [0.1, 0.15) is 5.76 Å². The van der Waals surface area contributed by atoms with Gasteiger partial charge in [-0.25, -0.2) is 0 Å². The number of carbonyl (C=O) groups excluding carboxylic acids is 1. The fraction of sp³-hybridized carbons (Fsp3) is 0.375. The summed E-state index contributed by atoms with van der Waals surface area (Å²) in [5.74, 6) is 0.931. The van der Waals surface area contributed by atoms with Crippen LogP contribution in [0.5, 0.6) is 0 Å². The number of allylic oxidation sites excluding steroid dienone is 12. The molecule has 0 aromatic heterocycles. The highest BCUT2D eigenvalue weighted by Crippen LogP contribution is 2.11. The average molecular weight is 355 g/mol. The third kappa shape index (κ3) is 11.2. The molecule has 0 fully saturated rings. The lowest BCUT2D eigenvalue weighted by molar-refractivity contribution is -0.115. The summed E-state index contributed by atoms with van der Waals surface area (Å²) in [7, 11) is 0. The zero-order valence-corrected chi connectivity index (χ0v) is 17.3. The fourth-order valence-electron chi connectivity index (χ4n) is 2.09. The largest absolute Gasteiger partial charge is 0.494 e. The highest BCUT2D eigenvalue weighted by atomic mass is 16.5. The Morgan fingerprint density at radius 3 is 2.08 bits per heavy atom. The van der Waals surface area contributed by atoms with Crippen molar-refractivity contribution in [2.45, 2.75) is 54.4 Å². The van der Waals surface area contributed by atoms with Gasteiger partial charge in [-0.15, -0.1) is 0 Å². The molecule has 0 radical (unpaired) electrons. The van der Waals surface area contributed by atoms with Crippen LogP contribution in [0.4, 0.5) is 0 Å². The Labute approximate surface area is 160 Å². The molecule has 0 aromatic rings. The van der Waals surface area contributed by atoms with Gasteiger partial charge in [0.05, 0.1) is 6.61 Å². The molecular formula is C24H34O2. The SMILES string of the molecule is C=C(OCC)/C(C)=C/C(C)=C/C=C/C=C(C)/C=C/C=C(\C)C(=O)CCC. The predicted molar refractivity (Wildman–Crippen MR) is 114 cm³/mol. The van der Waals surface area contributed by atoms with Crippen LogP contribution < -0.4 is 0 Å². The summed E-state index contributed by atoms with van der Waals surface area (Å²) >= 11 is 0. The maximum atomic E-state index is 11.7. The molecule has 0 aromatic carbocycles. The lowest BCUT2D eigenvalue weighted by Gasteiger charge is -2.06. The number of ether oxygens (including phenoxy) is 1. The zero-order valence-electron chi connectivity index (χ0n) is 17.3. The Hall–Kier alpha value is -2.35. The second-order valence-electron chi connectivity index (χ2n) is 6.27.